The van der Waals surface area contributed by atoms with E-state index in [4.69, 9.17) is 10.5 Å². The van der Waals surface area contributed by atoms with Crippen molar-refractivity contribution in [2.75, 3.05) is 11.1 Å². The highest BCUT2D eigenvalue weighted by Gasteiger charge is 2.17. The van der Waals surface area contributed by atoms with Crippen LogP contribution in [0.5, 0.6) is 5.88 Å². The number of anilines is 3. The summed E-state index contributed by atoms with van der Waals surface area (Å²) in [6, 6.07) is 11.9. The van der Waals surface area contributed by atoms with E-state index < -0.39 is 0 Å². The van der Waals surface area contributed by atoms with Crippen molar-refractivity contribution in [1.29, 1.82) is 0 Å². The van der Waals surface area contributed by atoms with Gasteiger partial charge in [-0.2, -0.15) is 10.1 Å². The van der Waals surface area contributed by atoms with Crippen LogP contribution in [-0.4, -0.2) is 20.9 Å². The first-order chi connectivity index (χ1) is 13.2. The number of nitrogens with one attached hydrogen (secondary N) is 1. The standard InChI is InChI=1S/C21H25N5O/c1-26-14-16(13-23-26)15-7-9-17(10-8-15)24-20-12-11-19(22)21(25-20)27-18-5-3-2-4-6-18/h7-14,18H,2-6,22H2,1H3,(H,24,25). The Hall–Kier alpha value is -3.02. The van der Waals surface area contributed by atoms with Gasteiger partial charge in [-0.1, -0.05) is 18.6 Å². The third-order valence-electron chi connectivity index (χ3n) is 4.92. The molecule has 0 aliphatic heterocycles. The lowest BCUT2D eigenvalue weighted by molar-refractivity contribution is 0.150. The normalized spacial score (nSPS) is 14.9. The molecular weight excluding hydrogens is 338 g/mol. The van der Waals surface area contributed by atoms with E-state index in [0.29, 0.717) is 11.6 Å². The molecule has 3 N–H and O–H groups in total. The van der Waals surface area contributed by atoms with Crippen molar-refractivity contribution < 1.29 is 4.74 Å². The Balaban J connectivity index is 1.46. The summed E-state index contributed by atoms with van der Waals surface area (Å²) in [5.41, 5.74) is 9.83. The average molecular weight is 363 g/mol. The number of hydrogen-bond donors (Lipinski definition) is 2. The van der Waals surface area contributed by atoms with E-state index in [2.05, 4.69) is 27.5 Å². The van der Waals surface area contributed by atoms with Gasteiger partial charge in [-0.3, -0.25) is 4.68 Å². The molecule has 0 saturated heterocycles. The van der Waals surface area contributed by atoms with E-state index in [1.54, 1.807) is 4.68 Å². The highest BCUT2D eigenvalue weighted by molar-refractivity contribution is 5.67. The largest absolute Gasteiger partial charge is 0.473 e. The van der Waals surface area contributed by atoms with Gasteiger partial charge < -0.3 is 15.8 Å². The molecule has 2 heterocycles. The molecule has 1 aliphatic carbocycles. The Morgan fingerprint density at radius 1 is 1.04 bits per heavy atom. The SMILES string of the molecule is Cn1cc(-c2ccc(Nc3ccc(N)c(OC4CCCCC4)n3)cc2)cn1. The molecule has 2 aromatic heterocycles. The van der Waals surface area contributed by atoms with E-state index in [-0.39, 0.29) is 6.10 Å². The van der Waals surface area contributed by atoms with Crippen molar-refractivity contribution in [3.63, 3.8) is 0 Å². The number of benzene rings is 1. The van der Waals surface area contributed by atoms with Crippen molar-refractivity contribution in [3.8, 4) is 17.0 Å². The van der Waals surface area contributed by atoms with Crippen molar-refractivity contribution in [3.05, 3.63) is 48.8 Å². The fourth-order valence-electron chi connectivity index (χ4n) is 3.42. The average Bonchev–Trinajstić information content (AvgIpc) is 3.12. The predicted octanol–water partition coefficient (Wildman–Crippen LogP) is 4.52. The van der Waals surface area contributed by atoms with Crippen LogP contribution in [0.2, 0.25) is 0 Å². The molecule has 0 amide bonds. The van der Waals surface area contributed by atoms with Gasteiger partial charge in [0.05, 0.1) is 11.9 Å². The van der Waals surface area contributed by atoms with Crippen molar-refractivity contribution in [1.82, 2.24) is 14.8 Å². The number of aryl methyl sites for hydroxylation is 1. The second-order valence-corrected chi connectivity index (χ2v) is 7.07. The Morgan fingerprint density at radius 2 is 1.81 bits per heavy atom. The highest BCUT2D eigenvalue weighted by Crippen LogP contribution is 2.28. The number of nitrogens with zero attached hydrogens (tertiary/aromatic N) is 3. The molecule has 140 valence electrons. The summed E-state index contributed by atoms with van der Waals surface area (Å²) in [4.78, 5) is 4.57. The summed E-state index contributed by atoms with van der Waals surface area (Å²) in [6.07, 6.45) is 9.96. The third-order valence-corrected chi connectivity index (χ3v) is 4.92. The maximum Gasteiger partial charge on any atom is 0.239 e. The van der Waals surface area contributed by atoms with E-state index in [9.17, 15) is 0 Å². The number of nitrogens with two attached hydrogens (primary N) is 1. The number of ether oxygens (including phenoxy) is 1. The molecule has 0 radical (unpaired) electrons. The third kappa shape index (κ3) is 4.22. The Morgan fingerprint density at radius 3 is 2.52 bits per heavy atom. The Kier molecular flexibility index (Phi) is 4.96. The lowest BCUT2D eigenvalue weighted by Gasteiger charge is -2.23. The quantitative estimate of drug-likeness (QED) is 0.697. The van der Waals surface area contributed by atoms with Crippen molar-refractivity contribution >= 4 is 17.2 Å². The number of aromatic nitrogens is 3. The first kappa shape index (κ1) is 17.4. The molecular formula is C21H25N5O. The molecule has 1 aliphatic rings. The lowest BCUT2D eigenvalue weighted by atomic mass is 9.98. The van der Waals surface area contributed by atoms with Crippen LogP contribution in [0.4, 0.5) is 17.2 Å². The predicted molar refractivity (Wildman–Crippen MR) is 108 cm³/mol. The second kappa shape index (κ2) is 7.70. The van der Waals surface area contributed by atoms with Gasteiger partial charge in [-0.05, 0) is 55.5 Å². The van der Waals surface area contributed by atoms with Crippen LogP contribution >= 0.6 is 0 Å². The van der Waals surface area contributed by atoms with Crippen LogP contribution in [0, 0.1) is 0 Å². The van der Waals surface area contributed by atoms with Gasteiger partial charge in [0.25, 0.3) is 0 Å². The van der Waals surface area contributed by atoms with Crippen LogP contribution in [0.1, 0.15) is 32.1 Å². The van der Waals surface area contributed by atoms with Gasteiger partial charge in [-0.15, -0.1) is 0 Å². The summed E-state index contributed by atoms with van der Waals surface area (Å²) >= 11 is 0. The Bertz CT molecular complexity index is 897. The van der Waals surface area contributed by atoms with Gasteiger partial charge in [0, 0.05) is 24.5 Å². The molecule has 0 bridgehead atoms. The number of hydrogen-bond acceptors (Lipinski definition) is 5. The number of pyridine rings is 1. The molecule has 1 fully saturated rings. The van der Waals surface area contributed by atoms with Crippen LogP contribution in [0.25, 0.3) is 11.1 Å². The van der Waals surface area contributed by atoms with Gasteiger partial charge >= 0.3 is 0 Å². The second-order valence-electron chi connectivity index (χ2n) is 7.07. The molecule has 6 nitrogen and oxygen atoms in total. The maximum absolute atomic E-state index is 6.06. The number of rotatable bonds is 5. The zero-order chi connectivity index (χ0) is 18.6. The first-order valence-corrected chi connectivity index (χ1v) is 9.47. The van der Waals surface area contributed by atoms with E-state index >= 15 is 0 Å². The topological polar surface area (TPSA) is 78.0 Å². The minimum atomic E-state index is 0.225. The zero-order valence-electron chi connectivity index (χ0n) is 15.6. The zero-order valence-corrected chi connectivity index (χ0v) is 15.6. The van der Waals surface area contributed by atoms with Crippen molar-refractivity contribution in [2.45, 2.75) is 38.2 Å². The summed E-state index contributed by atoms with van der Waals surface area (Å²) < 4.78 is 7.86. The maximum atomic E-state index is 6.06. The fraction of sp³-hybridized carbons (Fsp3) is 0.333. The van der Waals surface area contributed by atoms with Crippen LogP contribution in [0.15, 0.2) is 48.8 Å². The van der Waals surface area contributed by atoms with Crippen LogP contribution in [0.3, 0.4) is 0 Å². The number of nitrogen functional groups attached to an aromatic ring is 1. The molecule has 4 rings (SSSR count). The van der Waals surface area contributed by atoms with Crippen LogP contribution in [-0.2, 0) is 7.05 Å². The van der Waals surface area contributed by atoms with Gasteiger partial charge in [0.15, 0.2) is 0 Å². The smallest absolute Gasteiger partial charge is 0.239 e. The lowest BCUT2D eigenvalue weighted by Crippen LogP contribution is -2.20. The molecule has 0 spiro atoms. The molecule has 0 atom stereocenters. The molecule has 6 heteroatoms. The highest BCUT2D eigenvalue weighted by atomic mass is 16.5. The Labute approximate surface area is 159 Å². The van der Waals surface area contributed by atoms with Gasteiger partial charge in [0.2, 0.25) is 5.88 Å². The van der Waals surface area contributed by atoms with E-state index in [1.165, 1.54) is 19.3 Å². The monoisotopic (exact) mass is 363 g/mol. The van der Waals surface area contributed by atoms with E-state index in [0.717, 1.165) is 35.5 Å². The molecule has 1 saturated carbocycles. The van der Waals surface area contributed by atoms with E-state index in [1.807, 2.05) is 43.7 Å². The minimum Gasteiger partial charge on any atom is -0.473 e. The molecule has 3 aromatic rings. The molecule has 1 aromatic carbocycles. The first-order valence-electron chi connectivity index (χ1n) is 9.47. The summed E-state index contributed by atoms with van der Waals surface area (Å²) in [5, 5.41) is 7.54. The van der Waals surface area contributed by atoms with Gasteiger partial charge in [-0.25, -0.2) is 0 Å². The van der Waals surface area contributed by atoms with Gasteiger partial charge in [0.1, 0.15) is 11.9 Å². The van der Waals surface area contributed by atoms with Crippen LogP contribution < -0.4 is 15.8 Å². The molecule has 0 unspecified atom stereocenters. The summed E-state index contributed by atoms with van der Waals surface area (Å²) in [7, 11) is 1.92. The molecule has 27 heavy (non-hydrogen) atoms. The summed E-state index contributed by atoms with van der Waals surface area (Å²) in [6.45, 7) is 0. The van der Waals surface area contributed by atoms with Crippen molar-refractivity contribution in [2.24, 2.45) is 7.05 Å². The minimum absolute atomic E-state index is 0.225. The fourth-order valence-corrected chi connectivity index (χ4v) is 3.42. The summed E-state index contributed by atoms with van der Waals surface area (Å²) in [5.74, 6) is 1.25.